The SMILES string of the molecule is CC(C)(CO)C(=O)SCCOP(=O)(NCc1ccccc1)OCC1OC(N/C=N\C(N)=N/C=O)C(O)C1O. The molecule has 0 radical (unpaired) electrons. The highest BCUT2D eigenvalue weighted by molar-refractivity contribution is 8.13. The number of carbonyl (C=O) groups is 2. The Morgan fingerprint density at radius 3 is 2.63 bits per heavy atom. The number of nitrogens with zero attached hydrogens (tertiary/aromatic N) is 2. The van der Waals surface area contributed by atoms with Gasteiger partial charge < -0.3 is 31.1 Å². The average molecular weight is 576 g/mol. The zero-order chi connectivity index (χ0) is 28.2. The number of ether oxygens (including phenoxy) is 1. The Bertz CT molecular complexity index is 1010. The summed E-state index contributed by atoms with van der Waals surface area (Å²) in [5, 5.41) is 35.0. The lowest BCUT2D eigenvalue weighted by atomic mass is 9.97. The molecule has 2 rings (SSSR count). The van der Waals surface area contributed by atoms with Gasteiger partial charge in [-0.15, -0.1) is 0 Å². The van der Waals surface area contributed by atoms with Crippen LogP contribution < -0.4 is 16.1 Å². The Morgan fingerprint density at radius 2 is 1.97 bits per heavy atom. The van der Waals surface area contributed by atoms with Crippen LogP contribution in [0.2, 0.25) is 0 Å². The Morgan fingerprint density at radius 1 is 1.26 bits per heavy atom. The zero-order valence-corrected chi connectivity index (χ0v) is 22.7. The van der Waals surface area contributed by atoms with Gasteiger partial charge in [0.1, 0.15) is 18.3 Å². The van der Waals surface area contributed by atoms with Crippen molar-refractivity contribution in [3.8, 4) is 0 Å². The Kier molecular flexibility index (Phi) is 13.0. The Labute approximate surface area is 224 Å². The van der Waals surface area contributed by atoms with E-state index < -0.39 is 44.3 Å². The van der Waals surface area contributed by atoms with E-state index in [1.165, 1.54) is 0 Å². The van der Waals surface area contributed by atoms with E-state index in [0.717, 1.165) is 23.7 Å². The molecule has 0 saturated carbocycles. The first kappa shape index (κ1) is 32.0. The second kappa shape index (κ2) is 15.4. The lowest BCUT2D eigenvalue weighted by molar-refractivity contribution is -0.119. The molecule has 1 fully saturated rings. The molecule has 16 heteroatoms. The second-order valence-corrected chi connectivity index (χ2v) is 11.6. The Balaban J connectivity index is 1.97. The van der Waals surface area contributed by atoms with Gasteiger partial charge in [0.15, 0.2) is 11.3 Å². The first-order valence-electron chi connectivity index (χ1n) is 11.5. The van der Waals surface area contributed by atoms with Crippen molar-refractivity contribution in [3.05, 3.63) is 35.9 Å². The van der Waals surface area contributed by atoms with Gasteiger partial charge in [0, 0.05) is 12.3 Å². The quantitative estimate of drug-likeness (QED) is 0.0523. The van der Waals surface area contributed by atoms with Crippen molar-refractivity contribution in [2.24, 2.45) is 21.1 Å². The molecular formula is C22H34N5O9PS. The molecule has 1 heterocycles. The van der Waals surface area contributed by atoms with Gasteiger partial charge in [-0.3, -0.25) is 18.6 Å². The van der Waals surface area contributed by atoms with Gasteiger partial charge in [-0.2, -0.15) is 4.99 Å². The highest BCUT2D eigenvalue weighted by Crippen LogP contribution is 2.45. The molecule has 7 N–H and O–H groups in total. The molecule has 1 amide bonds. The molecular weight excluding hydrogens is 541 g/mol. The predicted molar refractivity (Wildman–Crippen MR) is 141 cm³/mol. The van der Waals surface area contributed by atoms with E-state index in [0.29, 0.717) is 0 Å². The summed E-state index contributed by atoms with van der Waals surface area (Å²) in [6.07, 6.45) is -3.75. The van der Waals surface area contributed by atoms with Gasteiger partial charge in [-0.05, 0) is 19.4 Å². The van der Waals surface area contributed by atoms with E-state index in [1.54, 1.807) is 13.8 Å². The van der Waals surface area contributed by atoms with Crippen molar-refractivity contribution >= 4 is 43.3 Å². The van der Waals surface area contributed by atoms with E-state index in [9.17, 15) is 29.5 Å². The van der Waals surface area contributed by atoms with Crippen LogP contribution in [0.1, 0.15) is 19.4 Å². The maximum absolute atomic E-state index is 13.4. The Hall–Kier alpha value is -2.20. The third-order valence-electron chi connectivity index (χ3n) is 5.24. The number of rotatable bonds is 15. The van der Waals surface area contributed by atoms with E-state index in [-0.39, 0.29) is 43.0 Å². The van der Waals surface area contributed by atoms with Crippen LogP contribution in [0.15, 0.2) is 40.3 Å². The number of amides is 1. The molecule has 1 aromatic rings. The molecule has 38 heavy (non-hydrogen) atoms. The minimum atomic E-state index is -3.96. The number of guanidine groups is 1. The minimum absolute atomic E-state index is 0.113. The summed E-state index contributed by atoms with van der Waals surface area (Å²) in [6, 6.07) is 9.09. The average Bonchev–Trinajstić information content (AvgIpc) is 3.17. The monoisotopic (exact) mass is 575 g/mol. The van der Waals surface area contributed by atoms with Crippen LogP contribution >= 0.6 is 19.5 Å². The number of hydrogen-bond acceptors (Lipinski definition) is 10. The fraction of sp³-hybridized carbons (Fsp3) is 0.545. The van der Waals surface area contributed by atoms with Crippen LogP contribution in [0.5, 0.6) is 0 Å². The van der Waals surface area contributed by atoms with Crippen LogP contribution in [-0.4, -0.2) is 89.3 Å². The molecule has 1 aromatic carbocycles. The molecule has 5 unspecified atom stereocenters. The van der Waals surface area contributed by atoms with Crippen LogP contribution in [0.4, 0.5) is 0 Å². The maximum atomic E-state index is 13.4. The number of thioether (sulfide) groups is 1. The molecule has 212 valence electrons. The standard InChI is InChI=1S/C22H34N5O9PS/c1-22(2,12-28)20(32)38-9-8-34-37(33,27-10-15-6-4-3-5-7-15)35-11-16-17(30)18(31)19(36-16)24-13-25-21(23)26-14-29/h3-7,13-14,16-19,28,30-31H,8-12H2,1-2H3,(H,27,33)(H3,23,24,25,26,29). The molecule has 0 aliphatic carbocycles. The lowest BCUT2D eigenvalue weighted by Gasteiger charge is -2.23. The molecule has 0 spiro atoms. The van der Waals surface area contributed by atoms with Crippen LogP contribution in [0.3, 0.4) is 0 Å². The van der Waals surface area contributed by atoms with Crippen molar-refractivity contribution in [3.63, 3.8) is 0 Å². The van der Waals surface area contributed by atoms with Crippen molar-refractivity contribution in [1.82, 2.24) is 10.4 Å². The topological polar surface area (TPSA) is 214 Å². The van der Waals surface area contributed by atoms with Gasteiger partial charge in [0.05, 0.1) is 31.6 Å². The number of nitrogens with two attached hydrogens (primary N) is 1. The molecule has 1 aliphatic heterocycles. The smallest absolute Gasteiger partial charge is 0.395 e. The van der Waals surface area contributed by atoms with Crippen molar-refractivity contribution in [2.45, 2.75) is 44.9 Å². The number of aliphatic hydroxyl groups excluding tert-OH is 3. The van der Waals surface area contributed by atoms with Crippen molar-refractivity contribution in [1.29, 1.82) is 0 Å². The summed E-state index contributed by atoms with van der Waals surface area (Å²) in [7, 11) is -3.96. The van der Waals surface area contributed by atoms with Gasteiger partial charge in [-0.1, -0.05) is 42.1 Å². The van der Waals surface area contributed by atoms with Crippen LogP contribution in [0, 0.1) is 5.41 Å². The number of nitrogens with one attached hydrogen (secondary N) is 2. The van der Waals surface area contributed by atoms with E-state index >= 15 is 0 Å². The third kappa shape index (κ3) is 10.2. The van der Waals surface area contributed by atoms with Gasteiger partial charge in [0.25, 0.3) is 0 Å². The highest BCUT2D eigenvalue weighted by atomic mass is 32.2. The van der Waals surface area contributed by atoms with E-state index in [1.807, 2.05) is 30.3 Å². The summed E-state index contributed by atoms with van der Waals surface area (Å²) in [5.74, 6) is -0.172. The largest absolute Gasteiger partial charge is 0.405 e. The van der Waals surface area contributed by atoms with Crippen molar-refractivity contribution in [2.75, 3.05) is 25.6 Å². The molecule has 14 nitrogen and oxygen atoms in total. The van der Waals surface area contributed by atoms with Crippen molar-refractivity contribution < 1.29 is 43.3 Å². The second-order valence-electron chi connectivity index (χ2n) is 8.72. The van der Waals surface area contributed by atoms with Gasteiger partial charge >= 0.3 is 7.75 Å². The summed E-state index contributed by atoms with van der Waals surface area (Å²) >= 11 is 0.937. The van der Waals surface area contributed by atoms with E-state index in [4.69, 9.17) is 19.5 Å². The van der Waals surface area contributed by atoms with Gasteiger partial charge in [0.2, 0.25) is 12.4 Å². The molecule has 1 saturated heterocycles. The maximum Gasteiger partial charge on any atom is 0.405 e. The van der Waals surface area contributed by atoms with Gasteiger partial charge in [-0.25, -0.2) is 14.6 Å². The minimum Gasteiger partial charge on any atom is -0.395 e. The first-order chi connectivity index (χ1) is 18.0. The summed E-state index contributed by atoms with van der Waals surface area (Å²) in [6.45, 7) is 2.53. The molecule has 1 aliphatic rings. The predicted octanol–water partition coefficient (Wildman–Crippen LogP) is -0.268. The third-order valence-corrected chi connectivity index (χ3v) is 7.98. The lowest BCUT2D eigenvalue weighted by Crippen LogP contribution is -2.40. The normalized spacial score (nSPS) is 23.9. The van der Waals surface area contributed by atoms with Crippen LogP contribution in [-0.2, 0) is 34.5 Å². The fourth-order valence-electron chi connectivity index (χ4n) is 2.92. The fourth-order valence-corrected chi connectivity index (χ4v) is 5.16. The summed E-state index contributed by atoms with van der Waals surface area (Å²) in [4.78, 5) is 29.3. The number of aliphatic imine (C=N–C) groups is 2. The highest BCUT2D eigenvalue weighted by Gasteiger charge is 2.43. The number of benzene rings is 1. The molecule has 0 bridgehead atoms. The van der Waals surface area contributed by atoms with E-state index in [2.05, 4.69) is 20.4 Å². The number of hydrogen-bond donors (Lipinski definition) is 6. The molecule has 0 aromatic heterocycles. The number of carbonyl (C=O) groups excluding carboxylic acids is 2. The number of aliphatic hydroxyl groups is 3. The summed E-state index contributed by atoms with van der Waals surface area (Å²) < 4.78 is 30.0. The zero-order valence-electron chi connectivity index (χ0n) is 21.0. The first-order valence-corrected chi connectivity index (χ1v) is 14.1. The summed E-state index contributed by atoms with van der Waals surface area (Å²) in [5.41, 5.74) is 5.23. The molecule has 5 atom stereocenters. The van der Waals surface area contributed by atoms with Crippen LogP contribution in [0.25, 0.3) is 0 Å².